The first kappa shape index (κ1) is 12.2. The van der Waals surface area contributed by atoms with Crippen LogP contribution in [0.5, 0.6) is 5.75 Å². The third kappa shape index (κ3) is 2.95. The lowest BCUT2D eigenvalue weighted by molar-refractivity contribution is 0.296. The Labute approximate surface area is 112 Å². The fourth-order valence-electron chi connectivity index (χ4n) is 2.54. The van der Waals surface area contributed by atoms with Crippen molar-refractivity contribution in [3.05, 3.63) is 48.0 Å². The summed E-state index contributed by atoms with van der Waals surface area (Å²) in [7, 11) is 0. The van der Waals surface area contributed by atoms with Crippen LogP contribution in [0.3, 0.4) is 0 Å². The molecule has 0 radical (unpaired) electrons. The minimum Gasteiger partial charge on any atom is -0.487 e. The summed E-state index contributed by atoms with van der Waals surface area (Å²) in [4.78, 5) is 0. The highest BCUT2D eigenvalue weighted by molar-refractivity contribution is 5.22. The van der Waals surface area contributed by atoms with E-state index in [-0.39, 0.29) is 5.82 Å². The van der Waals surface area contributed by atoms with Crippen molar-refractivity contribution in [1.29, 1.82) is 0 Å². The lowest BCUT2D eigenvalue weighted by Crippen LogP contribution is -2.06. The second kappa shape index (κ2) is 5.43. The number of benzene rings is 1. The van der Waals surface area contributed by atoms with Crippen molar-refractivity contribution in [3.8, 4) is 5.75 Å². The fourth-order valence-corrected chi connectivity index (χ4v) is 2.54. The second-order valence-electron chi connectivity index (χ2n) is 4.97. The van der Waals surface area contributed by atoms with E-state index in [0.717, 1.165) is 5.69 Å². The largest absolute Gasteiger partial charge is 0.487 e. The van der Waals surface area contributed by atoms with Crippen LogP contribution >= 0.6 is 0 Å². The average molecular weight is 260 g/mol. The first-order valence-electron chi connectivity index (χ1n) is 6.74. The Morgan fingerprint density at radius 1 is 1.26 bits per heavy atom. The normalized spacial score (nSPS) is 15.8. The highest BCUT2D eigenvalue weighted by Gasteiger charge is 2.17. The number of aromatic nitrogens is 2. The Kier molecular flexibility index (Phi) is 3.49. The third-order valence-electron chi connectivity index (χ3n) is 3.55. The maximum atomic E-state index is 13.0. The maximum absolute atomic E-state index is 13.0. The molecule has 100 valence electrons. The van der Waals surface area contributed by atoms with E-state index in [4.69, 9.17) is 4.74 Å². The minimum absolute atomic E-state index is 0.283. The Hall–Kier alpha value is -1.84. The summed E-state index contributed by atoms with van der Waals surface area (Å²) in [5.41, 5.74) is 0.885. The molecule has 0 N–H and O–H groups in total. The van der Waals surface area contributed by atoms with Gasteiger partial charge in [-0.25, -0.2) is 4.39 Å². The van der Waals surface area contributed by atoms with Gasteiger partial charge < -0.3 is 4.74 Å². The smallest absolute Gasteiger partial charge is 0.132 e. The number of rotatable bonds is 4. The van der Waals surface area contributed by atoms with E-state index in [1.165, 1.54) is 37.8 Å². The van der Waals surface area contributed by atoms with Gasteiger partial charge in [0.25, 0.3) is 0 Å². The Morgan fingerprint density at radius 2 is 2.11 bits per heavy atom. The molecule has 0 amide bonds. The number of halogens is 1. The molecule has 1 saturated carbocycles. The number of hydrogen-bond donors (Lipinski definition) is 0. The predicted molar refractivity (Wildman–Crippen MR) is 70.5 cm³/mol. The van der Waals surface area contributed by atoms with Crippen LogP contribution in [0.25, 0.3) is 0 Å². The van der Waals surface area contributed by atoms with E-state index in [1.54, 1.807) is 12.1 Å². The van der Waals surface area contributed by atoms with E-state index in [0.29, 0.717) is 18.4 Å². The summed E-state index contributed by atoms with van der Waals surface area (Å²) in [5, 5.41) is 4.53. The molecule has 1 heterocycles. The zero-order valence-electron chi connectivity index (χ0n) is 10.8. The van der Waals surface area contributed by atoms with Crippen molar-refractivity contribution in [2.75, 3.05) is 0 Å². The predicted octanol–water partition coefficient (Wildman–Crippen LogP) is 3.72. The van der Waals surface area contributed by atoms with Gasteiger partial charge in [-0.3, -0.25) is 4.68 Å². The van der Waals surface area contributed by atoms with Crippen LogP contribution in [0.4, 0.5) is 4.39 Å². The average Bonchev–Trinajstić information content (AvgIpc) is 3.07. The van der Waals surface area contributed by atoms with Crippen molar-refractivity contribution >= 4 is 0 Å². The van der Waals surface area contributed by atoms with Crippen molar-refractivity contribution in [3.63, 3.8) is 0 Å². The van der Waals surface area contributed by atoms with Gasteiger partial charge in [0.2, 0.25) is 0 Å². The molecule has 1 aromatic heterocycles. The summed E-state index contributed by atoms with van der Waals surface area (Å²) in [6.45, 7) is 0.378. The molecular formula is C15H17FN2O. The lowest BCUT2D eigenvalue weighted by Gasteiger charge is -2.09. The monoisotopic (exact) mass is 260 g/mol. The van der Waals surface area contributed by atoms with Gasteiger partial charge in [-0.15, -0.1) is 0 Å². The standard InChI is InChI=1S/C15H17FN2O/c16-12-4-3-7-15(10-12)19-11-13-8-9-18(17-13)14-5-1-2-6-14/h3-4,7-10,14H,1-2,5-6,11H2. The fraction of sp³-hybridized carbons (Fsp3) is 0.400. The highest BCUT2D eigenvalue weighted by Crippen LogP contribution is 2.28. The molecule has 1 aromatic carbocycles. The molecule has 4 heteroatoms. The van der Waals surface area contributed by atoms with Crippen LogP contribution in [0, 0.1) is 5.82 Å². The molecule has 0 atom stereocenters. The minimum atomic E-state index is -0.283. The van der Waals surface area contributed by atoms with Crippen LogP contribution in [-0.2, 0) is 6.61 Å². The van der Waals surface area contributed by atoms with Gasteiger partial charge >= 0.3 is 0 Å². The van der Waals surface area contributed by atoms with Crippen molar-refractivity contribution < 1.29 is 9.13 Å². The van der Waals surface area contributed by atoms with Gasteiger partial charge in [-0.2, -0.15) is 5.10 Å². The van der Waals surface area contributed by atoms with Gasteiger partial charge in [-0.1, -0.05) is 18.9 Å². The molecule has 0 unspecified atom stereocenters. The number of hydrogen-bond acceptors (Lipinski definition) is 2. The molecule has 19 heavy (non-hydrogen) atoms. The SMILES string of the molecule is Fc1cccc(OCc2ccn(C3CCCC3)n2)c1. The molecule has 0 saturated heterocycles. The van der Waals surface area contributed by atoms with E-state index in [9.17, 15) is 4.39 Å². The molecular weight excluding hydrogens is 243 g/mol. The molecule has 1 aliphatic carbocycles. The van der Waals surface area contributed by atoms with Crippen LogP contribution in [0.2, 0.25) is 0 Å². The van der Waals surface area contributed by atoms with Crippen molar-refractivity contribution in [2.45, 2.75) is 38.3 Å². The Morgan fingerprint density at radius 3 is 2.89 bits per heavy atom. The number of nitrogens with zero attached hydrogens (tertiary/aromatic N) is 2. The van der Waals surface area contributed by atoms with E-state index in [2.05, 4.69) is 5.10 Å². The summed E-state index contributed by atoms with van der Waals surface area (Å²) >= 11 is 0. The zero-order chi connectivity index (χ0) is 13.1. The Balaban J connectivity index is 1.61. The molecule has 0 bridgehead atoms. The summed E-state index contributed by atoms with van der Waals surface area (Å²) < 4.78 is 20.6. The summed E-state index contributed by atoms with van der Waals surface area (Å²) in [5.74, 6) is 0.254. The van der Waals surface area contributed by atoms with Crippen molar-refractivity contribution in [2.24, 2.45) is 0 Å². The highest BCUT2D eigenvalue weighted by atomic mass is 19.1. The van der Waals surface area contributed by atoms with Crippen LogP contribution < -0.4 is 4.74 Å². The second-order valence-corrected chi connectivity index (χ2v) is 4.97. The van der Waals surface area contributed by atoms with Crippen LogP contribution in [-0.4, -0.2) is 9.78 Å². The molecule has 3 nitrogen and oxygen atoms in total. The molecule has 1 aliphatic rings. The van der Waals surface area contributed by atoms with Crippen molar-refractivity contribution in [1.82, 2.24) is 9.78 Å². The summed E-state index contributed by atoms with van der Waals surface area (Å²) in [6.07, 6.45) is 7.03. The van der Waals surface area contributed by atoms with E-state index < -0.39 is 0 Å². The topological polar surface area (TPSA) is 27.1 Å². The van der Waals surface area contributed by atoms with Crippen LogP contribution in [0.1, 0.15) is 37.4 Å². The zero-order valence-corrected chi connectivity index (χ0v) is 10.8. The van der Waals surface area contributed by atoms with E-state index in [1.807, 2.05) is 16.9 Å². The van der Waals surface area contributed by atoms with Gasteiger partial charge in [0.15, 0.2) is 0 Å². The van der Waals surface area contributed by atoms with Gasteiger partial charge in [0.1, 0.15) is 18.2 Å². The Bertz CT molecular complexity index is 547. The molecule has 3 rings (SSSR count). The van der Waals surface area contributed by atoms with Gasteiger partial charge in [0.05, 0.1) is 11.7 Å². The molecule has 0 spiro atoms. The molecule has 1 fully saturated rings. The molecule has 2 aromatic rings. The lowest BCUT2D eigenvalue weighted by atomic mass is 10.3. The van der Waals surface area contributed by atoms with E-state index >= 15 is 0 Å². The number of ether oxygens (including phenoxy) is 1. The van der Waals surface area contributed by atoms with Crippen LogP contribution in [0.15, 0.2) is 36.5 Å². The quantitative estimate of drug-likeness (QED) is 0.837. The molecule has 0 aliphatic heterocycles. The third-order valence-corrected chi connectivity index (χ3v) is 3.55. The van der Waals surface area contributed by atoms with Gasteiger partial charge in [-0.05, 0) is 31.0 Å². The first-order valence-corrected chi connectivity index (χ1v) is 6.74. The maximum Gasteiger partial charge on any atom is 0.132 e. The van der Waals surface area contributed by atoms with Gasteiger partial charge in [0, 0.05) is 12.3 Å². The summed E-state index contributed by atoms with van der Waals surface area (Å²) in [6, 6.07) is 8.69. The first-order chi connectivity index (χ1) is 9.31.